The summed E-state index contributed by atoms with van der Waals surface area (Å²) in [7, 11) is 1.75. The molecule has 2 N–H and O–H groups in total. The van der Waals surface area contributed by atoms with Crippen LogP contribution in [0.5, 0.6) is 0 Å². The Morgan fingerprint density at radius 2 is 2.10 bits per heavy atom. The summed E-state index contributed by atoms with van der Waals surface area (Å²) < 4.78 is 0. The predicted octanol–water partition coefficient (Wildman–Crippen LogP) is 3.37. The summed E-state index contributed by atoms with van der Waals surface area (Å²) in [4.78, 5) is 16.4. The van der Waals surface area contributed by atoms with E-state index in [-0.39, 0.29) is 12.1 Å². The van der Waals surface area contributed by atoms with Crippen LogP contribution in [0.1, 0.15) is 54.0 Å². The molecule has 21 heavy (non-hydrogen) atoms. The zero-order valence-corrected chi connectivity index (χ0v) is 14.2. The molecule has 0 bridgehead atoms. The van der Waals surface area contributed by atoms with Crippen LogP contribution in [0.2, 0.25) is 0 Å². The van der Waals surface area contributed by atoms with Gasteiger partial charge in [0, 0.05) is 16.8 Å². The van der Waals surface area contributed by atoms with Crippen LogP contribution in [-0.2, 0) is 0 Å². The maximum atomic E-state index is 12.3. The zero-order chi connectivity index (χ0) is 15.6. The smallest absolute Gasteiger partial charge is 0.317 e. The zero-order valence-electron chi connectivity index (χ0n) is 13.4. The number of rotatable bonds is 4. The van der Waals surface area contributed by atoms with Gasteiger partial charge in [-0.3, -0.25) is 0 Å². The summed E-state index contributed by atoms with van der Waals surface area (Å²) in [6, 6.07) is 2.00. The van der Waals surface area contributed by atoms with Gasteiger partial charge in [0.1, 0.15) is 0 Å². The highest BCUT2D eigenvalue weighted by Crippen LogP contribution is 2.30. The van der Waals surface area contributed by atoms with Crippen LogP contribution in [0.4, 0.5) is 4.79 Å². The van der Waals surface area contributed by atoms with E-state index in [0.29, 0.717) is 6.54 Å². The number of nitrogens with zero attached hydrogens (tertiary/aromatic N) is 1. The Bertz CT molecular complexity index is 506. The molecule has 0 aliphatic heterocycles. The van der Waals surface area contributed by atoms with Gasteiger partial charge in [0.15, 0.2) is 0 Å². The van der Waals surface area contributed by atoms with Crippen molar-refractivity contribution in [2.45, 2.75) is 58.1 Å². The van der Waals surface area contributed by atoms with Gasteiger partial charge in [0.2, 0.25) is 0 Å². The lowest BCUT2D eigenvalue weighted by Crippen LogP contribution is -2.46. The number of hydrogen-bond donors (Lipinski definition) is 2. The third kappa shape index (κ3) is 3.98. The van der Waals surface area contributed by atoms with Gasteiger partial charge in [-0.05, 0) is 45.2 Å². The molecule has 1 saturated carbocycles. The summed E-state index contributed by atoms with van der Waals surface area (Å²) in [5, 5.41) is 13.4. The first-order chi connectivity index (χ1) is 9.81. The molecule has 1 fully saturated rings. The Labute approximate surface area is 131 Å². The van der Waals surface area contributed by atoms with Crippen LogP contribution in [0, 0.1) is 13.8 Å². The van der Waals surface area contributed by atoms with E-state index >= 15 is 0 Å². The highest BCUT2D eigenvalue weighted by molar-refractivity contribution is 7.12. The molecule has 0 spiro atoms. The van der Waals surface area contributed by atoms with Gasteiger partial charge < -0.3 is 15.3 Å². The molecule has 0 aromatic carbocycles. The maximum Gasteiger partial charge on any atom is 0.317 e. The van der Waals surface area contributed by atoms with Gasteiger partial charge in [0.25, 0.3) is 0 Å². The molecule has 1 aliphatic rings. The minimum Gasteiger partial charge on any atom is -0.388 e. The van der Waals surface area contributed by atoms with Crippen molar-refractivity contribution in [2.75, 3.05) is 13.6 Å². The van der Waals surface area contributed by atoms with Gasteiger partial charge in [-0.1, -0.05) is 12.8 Å². The van der Waals surface area contributed by atoms with Crippen LogP contribution in [0.15, 0.2) is 6.07 Å². The molecule has 118 valence electrons. The SMILES string of the molecule is Cc1cc(C(C)NC(=O)N(C)CC2(O)CCCC2)c(C)s1. The molecule has 0 radical (unpaired) electrons. The van der Waals surface area contributed by atoms with Crippen molar-refractivity contribution in [3.05, 3.63) is 21.4 Å². The Balaban J connectivity index is 1.92. The fourth-order valence-electron chi connectivity index (χ4n) is 3.16. The molecule has 2 rings (SSSR count). The van der Waals surface area contributed by atoms with Gasteiger partial charge in [-0.15, -0.1) is 11.3 Å². The van der Waals surface area contributed by atoms with E-state index in [9.17, 15) is 9.90 Å². The number of carbonyl (C=O) groups is 1. The highest BCUT2D eigenvalue weighted by atomic mass is 32.1. The van der Waals surface area contributed by atoms with Gasteiger partial charge in [-0.2, -0.15) is 0 Å². The number of carbonyl (C=O) groups excluding carboxylic acids is 1. The second kappa shape index (κ2) is 6.36. The number of urea groups is 1. The van der Waals surface area contributed by atoms with Crippen LogP contribution >= 0.6 is 11.3 Å². The van der Waals surface area contributed by atoms with Crippen molar-refractivity contribution >= 4 is 17.4 Å². The Morgan fingerprint density at radius 1 is 1.48 bits per heavy atom. The molecule has 1 unspecified atom stereocenters. The second-order valence-electron chi connectivity index (χ2n) is 6.33. The lowest BCUT2D eigenvalue weighted by atomic mass is 10.0. The lowest BCUT2D eigenvalue weighted by molar-refractivity contribution is 0.0245. The molecule has 5 heteroatoms. The largest absolute Gasteiger partial charge is 0.388 e. The number of nitrogens with one attached hydrogen (secondary N) is 1. The van der Waals surface area contributed by atoms with Crippen LogP contribution in [0.25, 0.3) is 0 Å². The summed E-state index contributed by atoms with van der Waals surface area (Å²) in [6.45, 7) is 6.58. The molecule has 0 saturated heterocycles. The molecular formula is C16H26N2O2S. The Kier molecular flexibility index (Phi) is 4.94. The lowest BCUT2D eigenvalue weighted by Gasteiger charge is -2.29. The number of likely N-dealkylation sites (N-methyl/N-ethyl adjacent to an activating group) is 1. The molecule has 1 aromatic heterocycles. The molecular weight excluding hydrogens is 284 g/mol. The first-order valence-corrected chi connectivity index (χ1v) is 8.43. The molecule has 1 aliphatic carbocycles. The third-order valence-electron chi connectivity index (χ3n) is 4.30. The summed E-state index contributed by atoms with van der Waals surface area (Å²) in [6.07, 6.45) is 3.69. The van der Waals surface area contributed by atoms with E-state index in [0.717, 1.165) is 25.7 Å². The molecule has 4 nitrogen and oxygen atoms in total. The molecule has 1 aromatic rings. The van der Waals surface area contributed by atoms with Crippen LogP contribution < -0.4 is 5.32 Å². The van der Waals surface area contributed by atoms with Crippen molar-refractivity contribution in [2.24, 2.45) is 0 Å². The number of thiophene rings is 1. The summed E-state index contributed by atoms with van der Waals surface area (Å²) >= 11 is 1.75. The summed E-state index contributed by atoms with van der Waals surface area (Å²) in [5.41, 5.74) is 0.489. The standard InChI is InChI=1S/C16H26N2O2S/c1-11-9-14(13(3)21-11)12(2)17-15(19)18(4)10-16(20)7-5-6-8-16/h9,12,20H,5-8,10H2,1-4H3,(H,17,19). The molecule has 1 heterocycles. The van der Waals surface area contributed by atoms with E-state index < -0.39 is 5.60 Å². The molecule has 2 amide bonds. The maximum absolute atomic E-state index is 12.3. The van der Waals surface area contributed by atoms with E-state index in [1.807, 2.05) is 6.92 Å². The monoisotopic (exact) mass is 310 g/mol. The minimum absolute atomic E-state index is 0.0110. The van der Waals surface area contributed by atoms with E-state index in [4.69, 9.17) is 0 Å². The van der Waals surface area contributed by atoms with E-state index in [1.165, 1.54) is 15.3 Å². The number of amides is 2. The number of aryl methyl sites for hydroxylation is 2. The number of hydrogen-bond acceptors (Lipinski definition) is 3. The first kappa shape index (κ1) is 16.3. The van der Waals surface area contributed by atoms with Crippen molar-refractivity contribution < 1.29 is 9.90 Å². The normalized spacial score (nSPS) is 18.5. The second-order valence-corrected chi connectivity index (χ2v) is 7.79. The van der Waals surface area contributed by atoms with Crippen LogP contribution in [0.3, 0.4) is 0 Å². The Morgan fingerprint density at radius 3 is 2.62 bits per heavy atom. The fourth-order valence-corrected chi connectivity index (χ4v) is 4.18. The average Bonchev–Trinajstić information content (AvgIpc) is 2.95. The van der Waals surface area contributed by atoms with Gasteiger partial charge >= 0.3 is 6.03 Å². The Hall–Kier alpha value is -1.07. The predicted molar refractivity (Wildman–Crippen MR) is 86.8 cm³/mol. The molecule has 1 atom stereocenters. The number of aliphatic hydroxyl groups is 1. The van der Waals surface area contributed by atoms with Crippen molar-refractivity contribution in [1.82, 2.24) is 10.2 Å². The minimum atomic E-state index is -0.690. The van der Waals surface area contributed by atoms with Gasteiger partial charge in [0.05, 0.1) is 18.2 Å². The van der Waals surface area contributed by atoms with Crippen LogP contribution in [-0.4, -0.2) is 35.2 Å². The highest BCUT2D eigenvalue weighted by Gasteiger charge is 2.33. The quantitative estimate of drug-likeness (QED) is 0.896. The fraction of sp³-hybridized carbons (Fsp3) is 0.688. The summed E-state index contributed by atoms with van der Waals surface area (Å²) in [5.74, 6) is 0. The van der Waals surface area contributed by atoms with Crippen molar-refractivity contribution in [1.29, 1.82) is 0 Å². The first-order valence-electron chi connectivity index (χ1n) is 7.62. The average molecular weight is 310 g/mol. The van der Waals surface area contributed by atoms with Crippen molar-refractivity contribution in [3.63, 3.8) is 0 Å². The topological polar surface area (TPSA) is 52.6 Å². The van der Waals surface area contributed by atoms with Crippen molar-refractivity contribution in [3.8, 4) is 0 Å². The van der Waals surface area contributed by atoms with E-state index in [2.05, 4.69) is 25.2 Å². The van der Waals surface area contributed by atoms with Gasteiger partial charge in [-0.25, -0.2) is 4.79 Å². The third-order valence-corrected chi connectivity index (χ3v) is 5.28. The van der Waals surface area contributed by atoms with E-state index in [1.54, 1.807) is 23.3 Å².